The molecule has 0 spiro atoms. The quantitative estimate of drug-likeness (QED) is 0.688. The Balaban J connectivity index is 1.67. The maximum absolute atomic E-state index is 3.80. The third-order valence-electron chi connectivity index (χ3n) is 5.58. The van der Waals surface area contributed by atoms with Gasteiger partial charge in [0, 0.05) is 10.9 Å². The van der Waals surface area contributed by atoms with Gasteiger partial charge in [-0.2, -0.15) is 0 Å². The number of hydrogen-bond acceptors (Lipinski definition) is 2. The van der Waals surface area contributed by atoms with E-state index in [1.165, 1.54) is 49.0 Å². The third kappa shape index (κ3) is 3.65. The molecule has 21 heavy (non-hydrogen) atoms. The van der Waals surface area contributed by atoms with Crippen molar-refractivity contribution in [2.75, 3.05) is 12.8 Å². The average molecular weight is 304 g/mol. The highest BCUT2D eigenvalue weighted by Crippen LogP contribution is 2.50. The topological polar surface area (TPSA) is 12.0 Å². The van der Waals surface area contributed by atoms with Crippen molar-refractivity contribution in [3.05, 3.63) is 29.8 Å². The molecule has 2 heteroatoms. The standard InChI is InChI=1S/C19H29NS/c1-3-10-20-19(15-6-8-18(21-2)9-7-15)13-17-12-14-4-5-16(17)11-14/h6-9,14,16-17,19-20H,3-5,10-13H2,1-2H3. The molecule has 2 bridgehead atoms. The number of fused-ring (bicyclic) bond motifs is 2. The first-order valence-corrected chi connectivity index (χ1v) is 9.90. The molecule has 2 aliphatic rings. The minimum Gasteiger partial charge on any atom is -0.310 e. The second-order valence-electron chi connectivity index (χ2n) is 6.95. The maximum atomic E-state index is 3.80. The number of nitrogens with one attached hydrogen (secondary N) is 1. The van der Waals surface area contributed by atoms with Crippen LogP contribution < -0.4 is 5.32 Å². The molecule has 1 N–H and O–H groups in total. The van der Waals surface area contributed by atoms with Crippen molar-refractivity contribution in [1.29, 1.82) is 0 Å². The van der Waals surface area contributed by atoms with Gasteiger partial charge in [-0.25, -0.2) is 0 Å². The Morgan fingerprint density at radius 3 is 2.57 bits per heavy atom. The van der Waals surface area contributed by atoms with E-state index in [2.05, 4.69) is 42.8 Å². The summed E-state index contributed by atoms with van der Waals surface area (Å²) in [7, 11) is 0. The van der Waals surface area contributed by atoms with Crippen LogP contribution in [0.4, 0.5) is 0 Å². The highest BCUT2D eigenvalue weighted by molar-refractivity contribution is 7.98. The van der Waals surface area contributed by atoms with E-state index < -0.39 is 0 Å². The van der Waals surface area contributed by atoms with Crippen LogP contribution >= 0.6 is 11.8 Å². The van der Waals surface area contributed by atoms with Gasteiger partial charge in [-0.1, -0.05) is 25.5 Å². The van der Waals surface area contributed by atoms with Crippen molar-refractivity contribution in [1.82, 2.24) is 5.32 Å². The molecule has 0 aliphatic heterocycles. The molecule has 2 fully saturated rings. The second kappa shape index (κ2) is 7.19. The summed E-state index contributed by atoms with van der Waals surface area (Å²) in [5.41, 5.74) is 1.49. The summed E-state index contributed by atoms with van der Waals surface area (Å²) >= 11 is 1.83. The van der Waals surface area contributed by atoms with E-state index in [1.807, 2.05) is 11.8 Å². The van der Waals surface area contributed by atoms with Gasteiger partial charge in [-0.3, -0.25) is 0 Å². The zero-order valence-electron chi connectivity index (χ0n) is 13.5. The number of thioether (sulfide) groups is 1. The molecule has 4 unspecified atom stereocenters. The van der Waals surface area contributed by atoms with Gasteiger partial charge < -0.3 is 5.32 Å². The maximum Gasteiger partial charge on any atom is 0.0322 e. The van der Waals surface area contributed by atoms with Gasteiger partial charge in [-0.15, -0.1) is 11.8 Å². The third-order valence-corrected chi connectivity index (χ3v) is 6.33. The van der Waals surface area contributed by atoms with E-state index in [0.717, 1.165) is 24.3 Å². The Morgan fingerprint density at radius 1 is 1.19 bits per heavy atom. The van der Waals surface area contributed by atoms with Crippen molar-refractivity contribution in [2.24, 2.45) is 17.8 Å². The fraction of sp³-hybridized carbons (Fsp3) is 0.684. The summed E-state index contributed by atoms with van der Waals surface area (Å²) in [5.74, 6) is 3.07. The molecular weight excluding hydrogens is 274 g/mol. The molecule has 0 radical (unpaired) electrons. The molecule has 1 nitrogen and oxygen atoms in total. The van der Waals surface area contributed by atoms with Crippen molar-refractivity contribution in [3.63, 3.8) is 0 Å². The Bertz CT molecular complexity index is 441. The average Bonchev–Trinajstić information content (AvgIpc) is 3.14. The summed E-state index contributed by atoms with van der Waals surface area (Å²) in [6.07, 6.45) is 10.7. The van der Waals surface area contributed by atoms with E-state index >= 15 is 0 Å². The fourth-order valence-electron chi connectivity index (χ4n) is 4.46. The number of benzene rings is 1. The van der Waals surface area contributed by atoms with Crippen molar-refractivity contribution in [2.45, 2.75) is 56.4 Å². The summed E-state index contributed by atoms with van der Waals surface area (Å²) in [6.45, 7) is 3.40. The molecule has 2 aliphatic carbocycles. The first-order chi connectivity index (χ1) is 10.3. The smallest absolute Gasteiger partial charge is 0.0322 e. The lowest BCUT2D eigenvalue weighted by molar-refractivity contribution is 0.279. The van der Waals surface area contributed by atoms with Crippen LogP contribution in [-0.2, 0) is 0 Å². The van der Waals surface area contributed by atoms with Crippen LogP contribution in [0.1, 0.15) is 57.1 Å². The van der Waals surface area contributed by atoms with Crippen LogP contribution in [0, 0.1) is 17.8 Å². The van der Waals surface area contributed by atoms with Gasteiger partial charge >= 0.3 is 0 Å². The molecule has 0 amide bonds. The van der Waals surface area contributed by atoms with Crippen molar-refractivity contribution in [3.8, 4) is 0 Å². The first-order valence-electron chi connectivity index (χ1n) is 8.67. The molecule has 3 rings (SSSR count). The van der Waals surface area contributed by atoms with Crippen LogP contribution in [0.25, 0.3) is 0 Å². The summed E-state index contributed by atoms with van der Waals surface area (Å²) in [4.78, 5) is 1.37. The molecule has 0 heterocycles. The molecule has 116 valence electrons. The monoisotopic (exact) mass is 303 g/mol. The number of hydrogen-bond donors (Lipinski definition) is 1. The molecular formula is C19H29NS. The Hall–Kier alpha value is -0.470. The highest BCUT2D eigenvalue weighted by Gasteiger charge is 2.40. The molecule has 1 aromatic rings. The van der Waals surface area contributed by atoms with E-state index in [9.17, 15) is 0 Å². The lowest BCUT2D eigenvalue weighted by Crippen LogP contribution is -2.26. The van der Waals surface area contributed by atoms with E-state index in [4.69, 9.17) is 0 Å². The van der Waals surface area contributed by atoms with Gasteiger partial charge in [0.25, 0.3) is 0 Å². The van der Waals surface area contributed by atoms with Gasteiger partial charge in [0.1, 0.15) is 0 Å². The normalized spacial score (nSPS) is 29.0. The molecule has 4 atom stereocenters. The Kier molecular flexibility index (Phi) is 5.29. The zero-order valence-corrected chi connectivity index (χ0v) is 14.3. The Labute approximate surface area is 134 Å². The summed E-state index contributed by atoms with van der Waals surface area (Å²) in [6, 6.07) is 9.80. The SMILES string of the molecule is CCCNC(CC1CC2CCC1C2)c1ccc(SC)cc1. The predicted molar refractivity (Wildman–Crippen MR) is 92.8 cm³/mol. The van der Waals surface area contributed by atoms with E-state index in [0.29, 0.717) is 6.04 Å². The van der Waals surface area contributed by atoms with Gasteiger partial charge in [0.05, 0.1) is 0 Å². The van der Waals surface area contributed by atoms with E-state index in [-0.39, 0.29) is 0 Å². The van der Waals surface area contributed by atoms with Crippen LogP contribution in [-0.4, -0.2) is 12.8 Å². The Morgan fingerprint density at radius 2 is 2.00 bits per heavy atom. The van der Waals surface area contributed by atoms with Gasteiger partial charge in [0.2, 0.25) is 0 Å². The van der Waals surface area contributed by atoms with Crippen LogP contribution in [0.5, 0.6) is 0 Å². The zero-order chi connectivity index (χ0) is 14.7. The minimum absolute atomic E-state index is 0.560. The fourth-order valence-corrected chi connectivity index (χ4v) is 4.87. The van der Waals surface area contributed by atoms with Crippen LogP contribution in [0.3, 0.4) is 0 Å². The lowest BCUT2D eigenvalue weighted by atomic mass is 9.82. The summed E-state index contributed by atoms with van der Waals surface area (Å²) in [5, 5.41) is 3.80. The molecule has 2 saturated carbocycles. The highest BCUT2D eigenvalue weighted by atomic mass is 32.2. The first kappa shape index (κ1) is 15.4. The molecule has 0 saturated heterocycles. The molecule has 1 aromatic carbocycles. The predicted octanol–water partition coefficient (Wildman–Crippen LogP) is 5.28. The minimum atomic E-state index is 0.560. The largest absolute Gasteiger partial charge is 0.310 e. The van der Waals surface area contributed by atoms with E-state index in [1.54, 1.807) is 0 Å². The van der Waals surface area contributed by atoms with Gasteiger partial charge in [-0.05, 0) is 80.4 Å². The van der Waals surface area contributed by atoms with Crippen LogP contribution in [0.2, 0.25) is 0 Å². The van der Waals surface area contributed by atoms with Gasteiger partial charge in [0.15, 0.2) is 0 Å². The summed E-state index contributed by atoms with van der Waals surface area (Å²) < 4.78 is 0. The lowest BCUT2D eigenvalue weighted by Gasteiger charge is -2.28. The van der Waals surface area contributed by atoms with Crippen molar-refractivity contribution >= 4 is 11.8 Å². The second-order valence-corrected chi connectivity index (χ2v) is 7.83. The molecule has 0 aromatic heterocycles. The van der Waals surface area contributed by atoms with Crippen molar-refractivity contribution < 1.29 is 0 Å². The number of rotatable bonds is 7. The van der Waals surface area contributed by atoms with Crippen LogP contribution in [0.15, 0.2) is 29.2 Å².